The van der Waals surface area contributed by atoms with Crippen molar-refractivity contribution in [2.24, 2.45) is 0 Å². The van der Waals surface area contributed by atoms with Crippen molar-refractivity contribution in [2.75, 3.05) is 45.0 Å². The highest BCUT2D eigenvalue weighted by Gasteiger charge is 2.43. The Bertz CT molecular complexity index is 1130. The molecule has 2 aromatic carbocycles. The largest absolute Gasteiger partial charge is 0.465 e. The number of benzene rings is 2. The Hall–Kier alpha value is -2.20. The van der Waals surface area contributed by atoms with Gasteiger partial charge in [0.05, 0.1) is 27.1 Å². The lowest BCUT2D eigenvalue weighted by Crippen LogP contribution is -2.55. The van der Waals surface area contributed by atoms with Gasteiger partial charge in [-0.15, -0.1) is 0 Å². The molecular weight excluding hydrogens is 505 g/mol. The summed E-state index contributed by atoms with van der Waals surface area (Å²) >= 11 is 6.18. The summed E-state index contributed by atoms with van der Waals surface area (Å²) in [5, 5.41) is 3.59. The molecule has 3 heterocycles. The third-order valence-electron chi connectivity index (χ3n) is 7.29. The number of rotatable bonds is 7. The number of carbonyl (C=O) groups is 1. The van der Waals surface area contributed by atoms with Crippen LogP contribution in [0.2, 0.25) is 5.02 Å². The predicted molar refractivity (Wildman–Crippen MR) is 138 cm³/mol. The molecule has 0 aliphatic carbocycles. The van der Waals surface area contributed by atoms with Gasteiger partial charge in [-0.3, -0.25) is 9.00 Å². The Morgan fingerprint density at radius 1 is 1.11 bits per heavy atom. The molecule has 0 spiro atoms. The molecule has 0 radical (unpaired) electrons. The van der Waals surface area contributed by atoms with Crippen LogP contribution in [0.1, 0.15) is 36.0 Å². The van der Waals surface area contributed by atoms with Gasteiger partial charge in [-0.1, -0.05) is 11.6 Å². The minimum Gasteiger partial charge on any atom is -0.465 e. The minimum absolute atomic E-state index is 0.0828. The lowest BCUT2D eigenvalue weighted by atomic mass is 10.1. The molecule has 3 atom stereocenters. The maximum Gasteiger partial charge on any atom is 0.255 e. The van der Waals surface area contributed by atoms with Crippen molar-refractivity contribution in [1.29, 1.82) is 0 Å². The van der Waals surface area contributed by atoms with E-state index in [2.05, 4.69) is 10.2 Å². The summed E-state index contributed by atoms with van der Waals surface area (Å²) in [5.41, 5.74) is 1.21. The van der Waals surface area contributed by atoms with E-state index in [0.29, 0.717) is 24.4 Å². The highest BCUT2D eigenvalue weighted by Crippen LogP contribution is 2.41. The quantitative estimate of drug-likeness (QED) is 0.544. The maximum atomic E-state index is 13.5. The van der Waals surface area contributed by atoms with E-state index in [4.69, 9.17) is 21.1 Å². The van der Waals surface area contributed by atoms with E-state index < -0.39 is 16.6 Å². The number of piperidine rings is 1. The fraction of sp³-hybridized carbons (Fsp3) is 0.500. The maximum absolute atomic E-state index is 13.5. The number of amides is 1. The van der Waals surface area contributed by atoms with E-state index in [-0.39, 0.29) is 35.1 Å². The molecule has 194 valence electrons. The molecule has 7 nitrogen and oxygen atoms in total. The highest BCUT2D eigenvalue weighted by molar-refractivity contribution is 7.85. The van der Waals surface area contributed by atoms with Crippen LogP contribution >= 0.6 is 11.6 Å². The van der Waals surface area contributed by atoms with Gasteiger partial charge in [0, 0.05) is 42.4 Å². The summed E-state index contributed by atoms with van der Waals surface area (Å²) in [4.78, 5) is 18.2. The number of ether oxygens (including phenoxy) is 2. The molecule has 1 amide bonds. The minimum atomic E-state index is -1.11. The molecule has 1 N–H and O–H groups in total. The molecule has 0 aromatic heterocycles. The number of anilines is 1. The second kappa shape index (κ2) is 11.0. The van der Waals surface area contributed by atoms with Crippen LogP contribution in [0.4, 0.5) is 10.1 Å². The first kappa shape index (κ1) is 25.4. The molecule has 3 aliphatic heterocycles. The zero-order valence-electron chi connectivity index (χ0n) is 20.3. The smallest absolute Gasteiger partial charge is 0.255 e. The fourth-order valence-corrected chi connectivity index (χ4v) is 7.29. The molecule has 2 aromatic rings. The van der Waals surface area contributed by atoms with Crippen LogP contribution in [-0.2, 0) is 15.5 Å². The summed E-state index contributed by atoms with van der Waals surface area (Å²) < 4.78 is 38.0. The van der Waals surface area contributed by atoms with Crippen LogP contribution in [0.25, 0.3) is 0 Å². The van der Waals surface area contributed by atoms with Gasteiger partial charge in [0.15, 0.2) is 6.79 Å². The number of hydrogen-bond donors (Lipinski definition) is 1. The number of likely N-dealkylation sites (tertiary alicyclic amines) is 1. The van der Waals surface area contributed by atoms with Crippen LogP contribution < -0.4 is 15.0 Å². The number of piperazine rings is 1. The van der Waals surface area contributed by atoms with E-state index in [1.165, 1.54) is 18.2 Å². The van der Waals surface area contributed by atoms with Crippen molar-refractivity contribution in [3.63, 3.8) is 0 Å². The Morgan fingerprint density at radius 2 is 1.83 bits per heavy atom. The van der Waals surface area contributed by atoms with Crippen LogP contribution in [0, 0.1) is 5.82 Å². The number of nitrogens with zero attached hydrogens (tertiary/aromatic N) is 2. The molecule has 36 heavy (non-hydrogen) atoms. The van der Waals surface area contributed by atoms with Gasteiger partial charge in [-0.2, -0.15) is 0 Å². The summed E-state index contributed by atoms with van der Waals surface area (Å²) in [7, 11) is 0.470. The number of halogens is 2. The van der Waals surface area contributed by atoms with Crippen LogP contribution in [0.15, 0.2) is 41.3 Å². The zero-order chi connectivity index (χ0) is 25.2. The first-order valence-electron chi connectivity index (χ1n) is 12.4. The average molecular weight is 536 g/mol. The van der Waals surface area contributed by atoms with Gasteiger partial charge >= 0.3 is 0 Å². The van der Waals surface area contributed by atoms with Crippen molar-refractivity contribution >= 4 is 34.0 Å². The SMILES string of the molecule is COCOc1ccc(S(=O)C2CCNCC2)cc1N1C2CCC1CN(C(=O)c1ccc(F)cc1Cl)C2. The average Bonchev–Trinajstić information content (AvgIpc) is 3.15. The molecule has 2 bridgehead atoms. The van der Waals surface area contributed by atoms with E-state index in [9.17, 15) is 13.4 Å². The summed E-state index contributed by atoms with van der Waals surface area (Å²) in [6.07, 6.45) is 3.64. The monoisotopic (exact) mass is 535 g/mol. The second-order valence-corrected chi connectivity index (χ2v) is 11.7. The van der Waals surface area contributed by atoms with E-state index in [0.717, 1.165) is 49.4 Å². The number of carbonyl (C=O) groups excluding carboxylic acids is 1. The van der Waals surface area contributed by atoms with E-state index in [1.807, 2.05) is 23.1 Å². The predicted octanol–water partition coefficient (Wildman–Crippen LogP) is 3.81. The van der Waals surface area contributed by atoms with Crippen molar-refractivity contribution in [3.8, 4) is 5.75 Å². The number of hydrogen-bond acceptors (Lipinski definition) is 6. The van der Waals surface area contributed by atoms with Gasteiger partial charge in [0.25, 0.3) is 5.91 Å². The zero-order valence-corrected chi connectivity index (χ0v) is 21.8. The Labute approximate surface area is 218 Å². The Balaban J connectivity index is 1.40. The molecule has 3 fully saturated rings. The van der Waals surface area contributed by atoms with Crippen molar-refractivity contribution < 1.29 is 22.9 Å². The van der Waals surface area contributed by atoms with Gasteiger partial charge in [-0.05, 0) is 75.2 Å². The molecule has 10 heteroatoms. The van der Waals surface area contributed by atoms with Crippen molar-refractivity contribution in [1.82, 2.24) is 10.2 Å². The molecule has 0 saturated carbocycles. The third kappa shape index (κ3) is 5.11. The molecule has 3 unspecified atom stereocenters. The first-order valence-corrected chi connectivity index (χ1v) is 13.9. The number of methoxy groups -OCH3 is 1. The Morgan fingerprint density at radius 3 is 2.50 bits per heavy atom. The van der Waals surface area contributed by atoms with Crippen molar-refractivity contribution in [3.05, 3.63) is 52.8 Å². The molecule has 5 rings (SSSR count). The van der Waals surface area contributed by atoms with Gasteiger partial charge in [0.1, 0.15) is 11.6 Å². The number of nitrogens with one attached hydrogen (secondary N) is 1. The second-order valence-electron chi connectivity index (χ2n) is 9.55. The molecule has 3 aliphatic rings. The van der Waals surface area contributed by atoms with Gasteiger partial charge < -0.3 is 24.6 Å². The van der Waals surface area contributed by atoms with Crippen molar-refractivity contribution in [2.45, 2.75) is 47.9 Å². The normalized spacial score (nSPS) is 23.1. The van der Waals surface area contributed by atoms with Crippen LogP contribution in [0.3, 0.4) is 0 Å². The van der Waals surface area contributed by atoms with Gasteiger partial charge in [-0.25, -0.2) is 4.39 Å². The number of fused-ring (bicyclic) bond motifs is 2. The van der Waals surface area contributed by atoms with E-state index >= 15 is 0 Å². The summed E-state index contributed by atoms with van der Waals surface area (Å²) in [6, 6.07) is 9.83. The van der Waals surface area contributed by atoms with Crippen LogP contribution in [0.5, 0.6) is 5.75 Å². The lowest BCUT2D eigenvalue weighted by Gasteiger charge is -2.43. The Kier molecular flexibility index (Phi) is 7.81. The first-order chi connectivity index (χ1) is 17.5. The fourth-order valence-electron chi connectivity index (χ4n) is 5.57. The van der Waals surface area contributed by atoms with Gasteiger partial charge in [0.2, 0.25) is 0 Å². The topological polar surface area (TPSA) is 71.1 Å². The molecular formula is C26H31ClFN3O4S. The van der Waals surface area contributed by atoms with Crippen LogP contribution in [-0.4, -0.2) is 72.4 Å². The molecule has 3 saturated heterocycles. The summed E-state index contributed by atoms with van der Waals surface area (Å²) in [5.74, 6) is 0.0288. The lowest BCUT2D eigenvalue weighted by molar-refractivity contribution is 0.0511. The summed E-state index contributed by atoms with van der Waals surface area (Å²) in [6.45, 7) is 2.93. The van der Waals surface area contributed by atoms with E-state index in [1.54, 1.807) is 7.11 Å². The standard InChI is InChI=1S/C26H31ClFN3O4S/c1-34-16-35-25-7-5-21(36(33)20-8-10-29-11-9-20)13-24(25)31-18-3-4-19(31)15-30(14-18)26(32)22-6-2-17(28)12-23(22)27/h2,5-7,12-13,18-20,29H,3-4,8-11,14-16H2,1H3. The third-order valence-corrected chi connectivity index (χ3v) is 9.40. The highest BCUT2D eigenvalue weighted by atomic mass is 35.5.